The van der Waals surface area contributed by atoms with Gasteiger partial charge in [0.1, 0.15) is 23.1 Å². The van der Waals surface area contributed by atoms with Crippen molar-refractivity contribution in [2.75, 3.05) is 0 Å². The second-order valence-electron chi connectivity index (χ2n) is 4.22. The fourth-order valence-corrected chi connectivity index (χ4v) is 1.94. The number of carbonyl (C=O) groups is 1. The number of phenolic OH excluding ortho intramolecular Hbond substituents is 2. The zero-order chi connectivity index (χ0) is 15.4. The first-order valence-corrected chi connectivity index (χ1v) is 6.33. The van der Waals surface area contributed by atoms with Crippen molar-refractivity contribution in [3.05, 3.63) is 64.2 Å². The molecule has 0 amide bonds. The Morgan fingerprint density at radius 2 is 1.90 bits per heavy atom. The third-order valence-electron chi connectivity index (χ3n) is 2.79. The Hall–Kier alpha value is -2.77. The van der Waals surface area contributed by atoms with Gasteiger partial charge in [-0.05, 0) is 35.9 Å². The first-order chi connectivity index (χ1) is 10.0. The van der Waals surface area contributed by atoms with Crippen LogP contribution < -0.4 is 0 Å². The molecular weight excluding hydrogens is 290 g/mol. The van der Waals surface area contributed by atoms with E-state index in [0.29, 0.717) is 10.6 Å². The zero-order valence-corrected chi connectivity index (χ0v) is 11.5. The number of carbonyl (C=O) groups excluding carboxylic acids is 1. The molecule has 21 heavy (non-hydrogen) atoms. The normalized spacial score (nSPS) is 11.0. The number of benzene rings is 2. The van der Waals surface area contributed by atoms with Crippen LogP contribution in [0, 0.1) is 11.3 Å². The third-order valence-corrected chi connectivity index (χ3v) is 3.14. The van der Waals surface area contributed by atoms with E-state index in [9.17, 15) is 15.0 Å². The maximum atomic E-state index is 12.3. The zero-order valence-electron chi connectivity index (χ0n) is 10.7. The molecule has 104 valence electrons. The fourth-order valence-electron chi connectivity index (χ4n) is 1.75. The highest BCUT2D eigenvalue weighted by Gasteiger charge is 2.17. The number of phenols is 2. The molecule has 0 aliphatic carbocycles. The minimum absolute atomic E-state index is 0.144. The molecule has 0 aliphatic rings. The lowest BCUT2D eigenvalue weighted by atomic mass is 10.0. The van der Waals surface area contributed by atoms with Crippen molar-refractivity contribution in [2.45, 2.75) is 0 Å². The van der Waals surface area contributed by atoms with E-state index in [1.807, 2.05) is 0 Å². The molecule has 0 saturated carbocycles. The number of nitriles is 1. The molecule has 0 bridgehead atoms. The highest BCUT2D eigenvalue weighted by molar-refractivity contribution is 6.32. The first-order valence-electron chi connectivity index (χ1n) is 5.96. The predicted molar refractivity (Wildman–Crippen MR) is 79.1 cm³/mol. The highest BCUT2D eigenvalue weighted by atomic mass is 35.5. The topological polar surface area (TPSA) is 81.3 Å². The Kier molecular flexibility index (Phi) is 4.27. The van der Waals surface area contributed by atoms with Gasteiger partial charge in [-0.3, -0.25) is 4.79 Å². The van der Waals surface area contributed by atoms with Crippen LogP contribution in [0.5, 0.6) is 11.5 Å². The standard InChI is InChI=1S/C16H10ClNO3/c17-14-4-2-1-3-10(14)7-11(9-18)16(21)13-8-12(19)5-6-15(13)20/h1-8,19-20H/b11-7-. The summed E-state index contributed by atoms with van der Waals surface area (Å²) in [4.78, 5) is 12.3. The fraction of sp³-hybridized carbons (Fsp3) is 0. The van der Waals surface area contributed by atoms with Gasteiger partial charge in [0, 0.05) is 5.02 Å². The molecule has 2 N–H and O–H groups in total. The van der Waals surface area contributed by atoms with Crippen LogP contribution in [-0.2, 0) is 0 Å². The molecule has 2 rings (SSSR count). The summed E-state index contributed by atoms with van der Waals surface area (Å²) in [5.74, 6) is -1.17. The second-order valence-corrected chi connectivity index (χ2v) is 4.63. The number of hydrogen-bond acceptors (Lipinski definition) is 4. The number of halogens is 1. The molecule has 0 unspecified atom stereocenters. The summed E-state index contributed by atoms with van der Waals surface area (Å²) in [6, 6.07) is 12.1. The molecule has 0 aliphatic heterocycles. The number of hydrogen-bond donors (Lipinski definition) is 2. The van der Waals surface area contributed by atoms with Gasteiger partial charge in [-0.2, -0.15) is 5.26 Å². The molecule has 0 aromatic heterocycles. The summed E-state index contributed by atoms with van der Waals surface area (Å²) in [5.41, 5.74) is 0.183. The first kappa shape index (κ1) is 14.6. The van der Waals surface area contributed by atoms with E-state index in [2.05, 4.69) is 0 Å². The van der Waals surface area contributed by atoms with E-state index in [1.54, 1.807) is 30.3 Å². The Balaban J connectivity index is 2.47. The van der Waals surface area contributed by atoms with Crippen LogP contribution >= 0.6 is 11.6 Å². The van der Waals surface area contributed by atoms with Crippen molar-refractivity contribution in [2.24, 2.45) is 0 Å². The van der Waals surface area contributed by atoms with Crippen LogP contribution in [0.4, 0.5) is 0 Å². The summed E-state index contributed by atoms with van der Waals surface area (Å²) in [6.07, 6.45) is 1.34. The molecule has 0 spiro atoms. The van der Waals surface area contributed by atoms with Crippen molar-refractivity contribution in [3.63, 3.8) is 0 Å². The number of aromatic hydroxyl groups is 2. The summed E-state index contributed by atoms with van der Waals surface area (Å²) < 4.78 is 0. The molecule has 0 atom stereocenters. The average molecular weight is 300 g/mol. The lowest BCUT2D eigenvalue weighted by molar-refractivity contribution is 0.103. The SMILES string of the molecule is N#C/C(=C/c1ccccc1Cl)C(=O)c1cc(O)ccc1O. The van der Waals surface area contributed by atoms with E-state index < -0.39 is 5.78 Å². The van der Waals surface area contributed by atoms with Gasteiger partial charge in [0.25, 0.3) is 0 Å². The molecule has 4 nitrogen and oxygen atoms in total. The van der Waals surface area contributed by atoms with E-state index in [-0.39, 0.29) is 22.6 Å². The van der Waals surface area contributed by atoms with Crippen molar-refractivity contribution in [1.82, 2.24) is 0 Å². The largest absolute Gasteiger partial charge is 0.508 e. The Labute approximate surface area is 126 Å². The Bertz CT molecular complexity index is 775. The van der Waals surface area contributed by atoms with E-state index in [1.165, 1.54) is 18.2 Å². The summed E-state index contributed by atoms with van der Waals surface area (Å²) in [6.45, 7) is 0. The number of nitrogens with zero attached hydrogens (tertiary/aromatic N) is 1. The maximum absolute atomic E-state index is 12.3. The van der Waals surface area contributed by atoms with Crippen LogP contribution in [0.3, 0.4) is 0 Å². The third kappa shape index (κ3) is 3.22. The lowest BCUT2D eigenvalue weighted by Crippen LogP contribution is -2.02. The predicted octanol–water partition coefficient (Wildman–Crippen LogP) is 3.54. The van der Waals surface area contributed by atoms with Crippen LogP contribution in [0.25, 0.3) is 6.08 Å². The van der Waals surface area contributed by atoms with Crippen molar-refractivity contribution in [3.8, 4) is 17.6 Å². The molecule has 0 radical (unpaired) electrons. The van der Waals surface area contributed by atoms with E-state index in [0.717, 1.165) is 6.07 Å². The van der Waals surface area contributed by atoms with Gasteiger partial charge in [0.05, 0.1) is 5.56 Å². The number of rotatable bonds is 3. The van der Waals surface area contributed by atoms with Gasteiger partial charge < -0.3 is 10.2 Å². The van der Waals surface area contributed by atoms with Gasteiger partial charge in [0.15, 0.2) is 0 Å². The van der Waals surface area contributed by atoms with Gasteiger partial charge in [0.2, 0.25) is 5.78 Å². The second kappa shape index (κ2) is 6.12. The van der Waals surface area contributed by atoms with Gasteiger partial charge >= 0.3 is 0 Å². The summed E-state index contributed by atoms with van der Waals surface area (Å²) >= 11 is 5.98. The summed E-state index contributed by atoms with van der Waals surface area (Å²) in [5, 5.41) is 28.6. The smallest absolute Gasteiger partial charge is 0.207 e. The van der Waals surface area contributed by atoms with Crippen LogP contribution in [0.2, 0.25) is 5.02 Å². The van der Waals surface area contributed by atoms with Crippen molar-refractivity contribution in [1.29, 1.82) is 5.26 Å². The van der Waals surface area contributed by atoms with Gasteiger partial charge in [-0.25, -0.2) is 0 Å². The molecular formula is C16H10ClNO3. The quantitative estimate of drug-likeness (QED) is 0.393. The minimum Gasteiger partial charge on any atom is -0.508 e. The average Bonchev–Trinajstić information content (AvgIpc) is 2.48. The number of allylic oxidation sites excluding steroid dienone is 1. The molecule has 0 fully saturated rings. The van der Waals surface area contributed by atoms with Crippen LogP contribution in [-0.4, -0.2) is 16.0 Å². The summed E-state index contributed by atoms with van der Waals surface area (Å²) in [7, 11) is 0. The molecule has 0 heterocycles. The van der Waals surface area contributed by atoms with Crippen LogP contribution in [0.15, 0.2) is 48.0 Å². The van der Waals surface area contributed by atoms with Crippen LogP contribution in [0.1, 0.15) is 15.9 Å². The molecule has 0 saturated heterocycles. The molecule has 2 aromatic carbocycles. The Morgan fingerprint density at radius 1 is 1.19 bits per heavy atom. The monoisotopic (exact) mass is 299 g/mol. The van der Waals surface area contributed by atoms with E-state index >= 15 is 0 Å². The van der Waals surface area contributed by atoms with Crippen molar-refractivity contribution < 1.29 is 15.0 Å². The van der Waals surface area contributed by atoms with E-state index in [4.69, 9.17) is 16.9 Å². The highest BCUT2D eigenvalue weighted by Crippen LogP contribution is 2.26. The minimum atomic E-state index is -0.689. The van der Waals surface area contributed by atoms with Gasteiger partial charge in [-0.1, -0.05) is 29.8 Å². The lowest BCUT2D eigenvalue weighted by Gasteiger charge is -2.04. The van der Waals surface area contributed by atoms with Crippen molar-refractivity contribution >= 4 is 23.5 Å². The number of Topliss-reactive ketones (excluding diaryl/α,β-unsaturated/α-hetero) is 1. The molecule has 2 aromatic rings. The molecule has 5 heteroatoms. The maximum Gasteiger partial charge on any atom is 0.207 e. The Morgan fingerprint density at radius 3 is 2.57 bits per heavy atom. The number of ketones is 1. The van der Waals surface area contributed by atoms with Gasteiger partial charge in [-0.15, -0.1) is 0 Å².